The van der Waals surface area contributed by atoms with Gasteiger partial charge in [0.05, 0.1) is 6.61 Å². The molecule has 2 aliphatic heterocycles. The Bertz CT molecular complexity index is 1150. The molecule has 3 aromatic carbocycles. The minimum atomic E-state index is 0.0903. The van der Waals surface area contributed by atoms with Crippen LogP contribution in [0.5, 0.6) is 0 Å². The molecule has 3 aromatic rings. The lowest BCUT2D eigenvalue weighted by atomic mass is 9.77. The van der Waals surface area contributed by atoms with Gasteiger partial charge in [-0.2, -0.15) is 0 Å². The second-order valence-corrected chi connectivity index (χ2v) is 10.7. The van der Waals surface area contributed by atoms with Gasteiger partial charge in [-0.15, -0.1) is 0 Å². The van der Waals surface area contributed by atoms with Gasteiger partial charge in [-0.05, 0) is 111 Å². The molecule has 4 heteroatoms. The lowest BCUT2D eigenvalue weighted by Crippen LogP contribution is -2.35. The summed E-state index contributed by atoms with van der Waals surface area (Å²) in [6, 6.07) is 20.8. The van der Waals surface area contributed by atoms with Crippen LogP contribution in [0.25, 0.3) is 0 Å². The quantitative estimate of drug-likeness (QED) is 0.305. The van der Waals surface area contributed by atoms with Crippen molar-refractivity contribution in [3.63, 3.8) is 0 Å². The molecular weight excluding hydrogens is 466 g/mol. The van der Waals surface area contributed by atoms with E-state index >= 15 is 0 Å². The number of hydrogen-bond donors (Lipinski definition) is 1. The van der Waals surface area contributed by atoms with Crippen LogP contribution in [0.2, 0.25) is 0 Å². The van der Waals surface area contributed by atoms with Crippen LogP contribution in [0.4, 0.5) is 17.1 Å². The minimum absolute atomic E-state index is 0.0903. The van der Waals surface area contributed by atoms with E-state index in [1.165, 1.54) is 57.7 Å². The molecule has 2 heterocycles. The van der Waals surface area contributed by atoms with Crippen molar-refractivity contribution in [1.29, 1.82) is 0 Å². The van der Waals surface area contributed by atoms with E-state index < -0.39 is 0 Å². The highest BCUT2D eigenvalue weighted by Gasteiger charge is 2.30. The van der Waals surface area contributed by atoms with Crippen LogP contribution in [0, 0.1) is 0 Å². The Morgan fingerprint density at radius 1 is 0.737 bits per heavy atom. The second kappa shape index (κ2) is 11.8. The molecule has 0 saturated carbocycles. The van der Waals surface area contributed by atoms with E-state index in [1.807, 2.05) is 0 Å². The Balaban J connectivity index is 1.66. The average Bonchev–Trinajstić information content (AvgIpc) is 2.96. The van der Waals surface area contributed by atoms with E-state index in [-0.39, 0.29) is 12.5 Å². The van der Waals surface area contributed by atoms with Crippen LogP contribution in [0.15, 0.2) is 54.6 Å². The number of hydrogen-bond acceptors (Lipinski definition) is 4. The van der Waals surface area contributed by atoms with Crippen LogP contribution in [-0.4, -0.2) is 44.4 Å². The number of nitrogens with zero attached hydrogens (tertiary/aromatic N) is 3. The van der Waals surface area contributed by atoms with Gasteiger partial charge in [0.15, 0.2) is 0 Å². The van der Waals surface area contributed by atoms with Gasteiger partial charge < -0.3 is 19.8 Å². The number of aliphatic hydroxyl groups is 1. The van der Waals surface area contributed by atoms with E-state index in [1.54, 1.807) is 0 Å². The molecule has 0 atom stereocenters. The van der Waals surface area contributed by atoms with Gasteiger partial charge >= 0.3 is 0 Å². The number of rotatable bonds is 10. The van der Waals surface area contributed by atoms with Crippen molar-refractivity contribution in [1.82, 2.24) is 0 Å². The first-order valence-corrected chi connectivity index (χ1v) is 14.9. The predicted octanol–water partition coefficient (Wildman–Crippen LogP) is 6.75. The smallest absolute Gasteiger partial charge is 0.0688 e. The van der Waals surface area contributed by atoms with E-state index in [0.29, 0.717) is 0 Å². The van der Waals surface area contributed by atoms with Crippen molar-refractivity contribution in [2.45, 2.75) is 65.9 Å². The van der Waals surface area contributed by atoms with Crippen molar-refractivity contribution in [2.24, 2.45) is 0 Å². The van der Waals surface area contributed by atoms with E-state index in [2.05, 4.69) is 97.0 Å². The number of anilines is 3. The highest BCUT2D eigenvalue weighted by Crippen LogP contribution is 2.44. The van der Waals surface area contributed by atoms with E-state index in [0.717, 1.165) is 57.7 Å². The predicted molar refractivity (Wildman–Crippen MR) is 162 cm³/mol. The Morgan fingerprint density at radius 2 is 1.24 bits per heavy atom. The molecule has 0 aliphatic carbocycles. The lowest BCUT2D eigenvalue weighted by molar-refractivity contribution is 0.279. The third kappa shape index (κ3) is 4.91. The number of aliphatic hydroxyl groups excluding tert-OH is 1. The Morgan fingerprint density at radius 3 is 1.71 bits per heavy atom. The van der Waals surface area contributed by atoms with Crippen molar-refractivity contribution in [3.05, 3.63) is 88.0 Å². The monoisotopic (exact) mass is 511 g/mol. The van der Waals surface area contributed by atoms with Crippen LogP contribution in [0.1, 0.15) is 79.8 Å². The van der Waals surface area contributed by atoms with Gasteiger partial charge in [0.1, 0.15) is 0 Å². The fraction of sp³-hybridized carbons (Fsp3) is 0.471. The normalized spacial score (nSPS) is 14.5. The third-order valence-corrected chi connectivity index (χ3v) is 8.86. The fourth-order valence-corrected chi connectivity index (χ4v) is 6.88. The maximum absolute atomic E-state index is 10.8. The highest BCUT2D eigenvalue weighted by atomic mass is 16.3. The Hall–Kier alpha value is -2.98. The molecule has 0 unspecified atom stereocenters. The van der Waals surface area contributed by atoms with Crippen molar-refractivity contribution in [2.75, 3.05) is 54.0 Å². The molecule has 5 rings (SSSR count). The lowest BCUT2D eigenvalue weighted by Gasteiger charge is -2.39. The van der Waals surface area contributed by atoms with Gasteiger partial charge in [0.25, 0.3) is 0 Å². The molecule has 0 bridgehead atoms. The first-order chi connectivity index (χ1) is 18.6. The van der Waals surface area contributed by atoms with Gasteiger partial charge in [-0.3, -0.25) is 0 Å². The summed E-state index contributed by atoms with van der Waals surface area (Å²) >= 11 is 0. The zero-order chi connectivity index (χ0) is 26.6. The zero-order valence-corrected chi connectivity index (χ0v) is 23.8. The molecule has 1 N–H and O–H groups in total. The summed E-state index contributed by atoms with van der Waals surface area (Å²) in [6.07, 6.45) is 4.58. The third-order valence-electron chi connectivity index (χ3n) is 8.86. The molecular formula is C34H45N3O. The summed E-state index contributed by atoms with van der Waals surface area (Å²) < 4.78 is 0. The first-order valence-electron chi connectivity index (χ1n) is 14.9. The van der Waals surface area contributed by atoms with Gasteiger partial charge in [0.2, 0.25) is 0 Å². The second-order valence-electron chi connectivity index (χ2n) is 10.7. The molecule has 0 saturated heterocycles. The molecule has 38 heavy (non-hydrogen) atoms. The molecule has 2 aliphatic rings. The molecule has 0 radical (unpaired) electrons. The SMILES string of the molecule is CCN(CC)c1ccc(C(c2ccc(N(CC)CC)cc2)c2cc3c4c(c2CO)CCCN4CCC3)cc1. The van der Waals surface area contributed by atoms with Crippen LogP contribution >= 0.6 is 0 Å². The molecule has 0 spiro atoms. The summed E-state index contributed by atoms with van der Waals surface area (Å²) in [7, 11) is 0. The topological polar surface area (TPSA) is 30.0 Å². The zero-order valence-electron chi connectivity index (χ0n) is 23.8. The summed E-state index contributed by atoms with van der Waals surface area (Å²) in [5.74, 6) is 0.0903. The van der Waals surface area contributed by atoms with E-state index in [4.69, 9.17) is 0 Å². The van der Waals surface area contributed by atoms with Crippen LogP contribution < -0.4 is 14.7 Å². The summed E-state index contributed by atoms with van der Waals surface area (Å²) in [4.78, 5) is 7.37. The van der Waals surface area contributed by atoms with Crippen molar-refractivity contribution >= 4 is 17.1 Å². The van der Waals surface area contributed by atoms with Gasteiger partial charge in [-0.25, -0.2) is 0 Å². The molecule has 202 valence electrons. The molecule has 0 fully saturated rings. The molecule has 0 aromatic heterocycles. The Kier molecular flexibility index (Phi) is 8.28. The van der Waals surface area contributed by atoms with Gasteiger partial charge in [-0.1, -0.05) is 30.3 Å². The largest absolute Gasteiger partial charge is 0.392 e. The fourth-order valence-electron chi connectivity index (χ4n) is 6.88. The van der Waals surface area contributed by atoms with Crippen molar-refractivity contribution < 1.29 is 5.11 Å². The number of benzene rings is 3. The maximum atomic E-state index is 10.8. The van der Waals surface area contributed by atoms with Crippen LogP contribution in [-0.2, 0) is 19.4 Å². The standard InChI is InChI=1S/C34H45N3O/c1-5-35(6-2)28-17-13-25(14-18-28)33(26-15-19-29(20-16-26)36(7-3)8-4)31-23-27-11-9-21-37-22-10-12-30(34(27)37)32(31)24-38/h13-20,23,33,38H,5-12,21-22,24H2,1-4H3. The molecule has 4 nitrogen and oxygen atoms in total. The first kappa shape index (κ1) is 26.6. The van der Waals surface area contributed by atoms with Crippen LogP contribution in [0.3, 0.4) is 0 Å². The van der Waals surface area contributed by atoms with Crippen molar-refractivity contribution in [3.8, 4) is 0 Å². The summed E-state index contributed by atoms with van der Waals surface area (Å²) in [5.41, 5.74) is 11.9. The minimum Gasteiger partial charge on any atom is -0.392 e. The highest BCUT2D eigenvalue weighted by molar-refractivity contribution is 5.69. The van der Waals surface area contributed by atoms with E-state index in [9.17, 15) is 5.11 Å². The number of aryl methyl sites for hydroxylation is 1. The summed E-state index contributed by atoms with van der Waals surface area (Å²) in [6.45, 7) is 15.3. The molecule has 0 amide bonds. The Labute approximate surface area is 229 Å². The maximum Gasteiger partial charge on any atom is 0.0688 e. The van der Waals surface area contributed by atoms with Gasteiger partial charge in [0, 0.05) is 62.2 Å². The summed E-state index contributed by atoms with van der Waals surface area (Å²) in [5, 5.41) is 10.8. The average molecular weight is 512 g/mol.